The van der Waals surface area contributed by atoms with Crippen LogP contribution in [0, 0.1) is 0 Å². The highest BCUT2D eigenvalue weighted by Crippen LogP contribution is 2.80. The molecule has 4 heterocycles. The third-order valence-electron chi connectivity index (χ3n) is 6.13. The van der Waals surface area contributed by atoms with Crippen LogP contribution in [-0.4, -0.2) is 71.3 Å². The first-order chi connectivity index (χ1) is 15.0. The Kier molecular flexibility index (Phi) is 5.73. The van der Waals surface area contributed by atoms with Crippen LogP contribution in [0.4, 0.5) is 11.8 Å². The molecule has 2 aliphatic heterocycles. The summed E-state index contributed by atoms with van der Waals surface area (Å²) in [5.74, 6) is 0.429. The zero-order valence-electron chi connectivity index (χ0n) is 18.3. The number of rotatable bonds is 8. The van der Waals surface area contributed by atoms with Gasteiger partial charge in [-0.1, -0.05) is 13.8 Å². The van der Waals surface area contributed by atoms with Gasteiger partial charge in [-0.2, -0.15) is 9.97 Å². The van der Waals surface area contributed by atoms with Gasteiger partial charge >= 0.3 is 7.60 Å². The molecule has 0 aromatic carbocycles. The van der Waals surface area contributed by atoms with Gasteiger partial charge in [0.15, 0.2) is 23.2 Å². The fraction of sp³-hybridized carbons (Fsp3) is 0.722. The fourth-order valence-electron chi connectivity index (χ4n) is 3.90. The maximum atomic E-state index is 12.7. The van der Waals surface area contributed by atoms with Gasteiger partial charge in [-0.15, -0.1) is 0 Å². The molecule has 0 saturated carbocycles. The quantitative estimate of drug-likeness (QED) is 0.270. The van der Waals surface area contributed by atoms with Crippen LogP contribution < -0.4 is 11.1 Å². The van der Waals surface area contributed by atoms with Gasteiger partial charge in [0.2, 0.25) is 5.95 Å². The minimum atomic E-state index is -3.68. The monoisotopic (exact) mass is 472 g/mol. The van der Waals surface area contributed by atoms with Crippen LogP contribution >= 0.6 is 7.60 Å². The van der Waals surface area contributed by atoms with Gasteiger partial charge in [0.05, 0.1) is 18.0 Å². The van der Waals surface area contributed by atoms with E-state index in [9.17, 15) is 19.9 Å². The van der Waals surface area contributed by atoms with Crippen molar-refractivity contribution in [2.75, 3.05) is 18.1 Å². The van der Waals surface area contributed by atoms with Crippen molar-refractivity contribution in [1.29, 1.82) is 0 Å². The molecule has 4 rings (SSSR count). The maximum Gasteiger partial charge on any atom is 0.393 e. The van der Waals surface area contributed by atoms with Crippen molar-refractivity contribution in [2.24, 2.45) is 0 Å². The summed E-state index contributed by atoms with van der Waals surface area (Å²) in [6.45, 7) is 5.15. The van der Waals surface area contributed by atoms with Crippen LogP contribution in [-0.2, 0) is 18.3 Å². The zero-order chi connectivity index (χ0) is 23.5. The van der Waals surface area contributed by atoms with Gasteiger partial charge < -0.3 is 31.1 Å². The molecule has 32 heavy (non-hydrogen) atoms. The first-order valence-electron chi connectivity index (χ1n) is 10.4. The van der Waals surface area contributed by atoms with Crippen molar-refractivity contribution in [3.05, 3.63) is 6.33 Å². The smallest absolute Gasteiger partial charge is 0.388 e. The molecule has 0 bridgehead atoms. The molecule has 2 fully saturated rings. The van der Waals surface area contributed by atoms with Crippen LogP contribution in [0.25, 0.3) is 11.2 Å². The Morgan fingerprint density at radius 3 is 2.69 bits per heavy atom. The van der Waals surface area contributed by atoms with E-state index in [1.165, 1.54) is 10.9 Å². The van der Waals surface area contributed by atoms with Crippen LogP contribution in [0.2, 0.25) is 0 Å². The van der Waals surface area contributed by atoms with E-state index < -0.39 is 43.3 Å². The Labute approximate surface area is 184 Å². The second-order valence-electron chi connectivity index (χ2n) is 8.34. The molecular weight excluding hydrogens is 443 g/mol. The third kappa shape index (κ3) is 3.67. The summed E-state index contributed by atoms with van der Waals surface area (Å²) < 4.78 is 30.9. The summed E-state index contributed by atoms with van der Waals surface area (Å²) in [5, 5.41) is 34.4. The van der Waals surface area contributed by atoms with E-state index in [0.717, 1.165) is 0 Å². The Morgan fingerprint density at radius 2 is 2.09 bits per heavy atom. The Balaban J connectivity index is 1.57. The van der Waals surface area contributed by atoms with Crippen LogP contribution in [0.3, 0.4) is 0 Å². The van der Waals surface area contributed by atoms with Crippen LogP contribution in [0.5, 0.6) is 0 Å². The highest BCUT2D eigenvalue weighted by atomic mass is 31.2. The van der Waals surface area contributed by atoms with E-state index >= 15 is 0 Å². The number of imidazole rings is 1. The average Bonchev–Trinajstić information content (AvgIpc) is 3.01. The second-order valence-corrected chi connectivity index (χ2v) is 10.4. The number of ether oxygens (including phenoxy) is 1. The molecule has 14 heteroatoms. The molecule has 0 spiro atoms. The molecule has 0 amide bonds. The highest BCUT2D eigenvalue weighted by molar-refractivity contribution is 7.61. The standard InChI is InChI=1S/C18H29N6O7P/c1-5-17(3,30-32(28)18(27,6-2)31-32)7-9-11(25)12(26)15(29-9)24-8-21-10-13(20-4)22-16(19)23-14(10)24/h8-9,11-12,15,25-27H,5-7H2,1-4H3,(H3,19,20,22,23). The van der Waals surface area contributed by atoms with E-state index in [0.29, 0.717) is 23.4 Å². The summed E-state index contributed by atoms with van der Waals surface area (Å²) >= 11 is 0. The lowest BCUT2D eigenvalue weighted by Crippen LogP contribution is -2.38. The Hall–Kier alpha value is -1.86. The number of nitrogens with one attached hydrogen (secondary N) is 1. The zero-order valence-corrected chi connectivity index (χ0v) is 19.2. The third-order valence-corrected chi connectivity index (χ3v) is 8.45. The summed E-state index contributed by atoms with van der Waals surface area (Å²) in [6.07, 6.45) is -2.37. The molecule has 0 radical (unpaired) electrons. The normalized spacial score (nSPS) is 36.3. The van der Waals surface area contributed by atoms with Crippen molar-refractivity contribution in [3.8, 4) is 0 Å². The highest BCUT2D eigenvalue weighted by Gasteiger charge is 2.70. The number of aromatic nitrogens is 4. The molecule has 6 N–H and O–H groups in total. The van der Waals surface area contributed by atoms with Crippen molar-refractivity contribution in [1.82, 2.24) is 19.5 Å². The number of nitrogens with two attached hydrogens (primary N) is 1. The first-order valence-corrected chi connectivity index (χ1v) is 12.0. The summed E-state index contributed by atoms with van der Waals surface area (Å²) in [5.41, 5.74) is 3.73. The number of hydrogen-bond donors (Lipinski definition) is 5. The molecule has 178 valence electrons. The average molecular weight is 472 g/mol. The Morgan fingerprint density at radius 1 is 1.38 bits per heavy atom. The fourth-order valence-corrected chi connectivity index (χ4v) is 5.93. The van der Waals surface area contributed by atoms with Crippen LogP contribution in [0.15, 0.2) is 6.33 Å². The Bertz CT molecular complexity index is 1070. The summed E-state index contributed by atoms with van der Waals surface area (Å²) in [4.78, 5) is 12.5. The van der Waals surface area contributed by atoms with Gasteiger partial charge in [0.1, 0.15) is 12.2 Å². The van der Waals surface area contributed by atoms with Gasteiger partial charge in [-0.25, -0.2) is 4.98 Å². The molecule has 7 atom stereocenters. The predicted octanol–water partition coefficient (Wildman–Crippen LogP) is 0.924. The lowest BCUT2D eigenvalue weighted by molar-refractivity contribution is -0.0631. The van der Waals surface area contributed by atoms with Crippen molar-refractivity contribution >= 4 is 30.5 Å². The predicted molar refractivity (Wildman–Crippen MR) is 114 cm³/mol. The number of hydrogen-bond acceptors (Lipinski definition) is 12. The van der Waals surface area contributed by atoms with E-state index in [1.807, 2.05) is 6.92 Å². The van der Waals surface area contributed by atoms with E-state index in [2.05, 4.69) is 20.3 Å². The van der Waals surface area contributed by atoms with Gasteiger partial charge in [-0.3, -0.25) is 18.2 Å². The van der Waals surface area contributed by atoms with E-state index in [-0.39, 0.29) is 18.8 Å². The largest absolute Gasteiger partial charge is 0.393 e. The number of aliphatic hydroxyl groups excluding tert-OH is 2. The maximum absolute atomic E-state index is 12.7. The lowest BCUT2D eigenvalue weighted by atomic mass is 9.93. The van der Waals surface area contributed by atoms with Crippen LogP contribution in [0.1, 0.15) is 46.3 Å². The topological polar surface area (TPSA) is 190 Å². The summed E-state index contributed by atoms with van der Waals surface area (Å²) in [7, 11) is -2.01. The molecular formula is C18H29N6O7P. The minimum absolute atomic E-state index is 0.0118. The molecule has 2 aromatic heterocycles. The molecule has 7 unspecified atom stereocenters. The van der Waals surface area contributed by atoms with Gasteiger partial charge in [0.25, 0.3) is 5.53 Å². The molecule has 13 nitrogen and oxygen atoms in total. The van der Waals surface area contributed by atoms with E-state index in [1.54, 1.807) is 20.9 Å². The minimum Gasteiger partial charge on any atom is -0.388 e. The molecule has 0 aliphatic carbocycles. The number of aliphatic hydroxyl groups is 3. The second kappa shape index (κ2) is 7.87. The van der Waals surface area contributed by atoms with Crippen molar-refractivity contribution in [3.63, 3.8) is 0 Å². The lowest BCUT2D eigenvalue weighted by Gasteiger charge is -2.31. The molecule has 2 aliphatic rings. The number of nitrogens with zero attached hydrogens (tertiary/aromatic N) is 4. The van der Waals surface area contributed by atoms with Gasteiger partial charge in [-0.05, 0) is 13.3 Å². The molecule has 2 saturated heterocycles. The summed E-state index contributed by atoms with van der Waals surface area (Å²) in [6, 6.07) is 0. The number of nitrogen functional groups attached to an aromatic ring is 1. The van der Waals surface area contributed by atoms with Crippen molar-refractivity contribution in [2.45, 2.75) is 75.7 Å². The number of anilines is 2. The van der Waals surface area contributed by atoms with Gasteiger partial charge in [0, 0.05) is 19.9 Å². The van der Waals surface area contributed by atoms with E-state index in [4.69, 9.17) is 19.5 Å². The SMILES string of the molecule is CCC(C)(CC1OC(n2cnc3c(NC)nc(N)nc32)C(O)C1O)OP1(=O)OC1(O)CC. The van der Waals surface area contributed by atoms with Crippen molar-refractivity contribution < 1.29 is 33.7 Å². The number of fused-ring (bicyclic) bond motifs is 1. The molecule has 2 aromatic rings. The first kappa shape index (κ1) is 23.3.